The van der Waals surface area contributed by atoms with Crippen LogP contribution in [0.5, 0.6) is 17.2 Å². The van der Waals surface area contributed by atoms with Crippen molar-refractivity contribution in [1.82, 2.24) is 14.8 Å². The van der Waals surface area contributed by atoms with E-state index in [1.165, 1.54) is 12.4 Å². The van der Waals surface area contributed by atoms with E-state index in [9.17, 15) is 8.78 Å². The second kappa shape index (κ2) is 7.78. The van der Waals surface area contributed by atoms with Gasteiger partial charge >= 0.3 is 6.61 Å². The number of benzene rings is 2. The summed E-state index contributed by atoms with van der Waals surface area (Å²) in [6.45, 7) is -2.93. The minimum absolute atomic E-state index is 0.0607. The molecule has 2 heterocycles. The molecule has 29 heavy (non-hydrogen) atoms. The van der Waals surface area contributed by atoms with Crippen LogP contribution in [0.3, 0.4) is 0 Å². The van der Waals surface area contributed by atoms with Crippen molar-refractivity contribution in [3.05, 3.63) is 66.0 Å². The predicted molar refractivity (Wildman–Crippen MR) is 102 cm³/mol. The van der Waals surface area contributed by atoms with Crippen LogP contribution in [0.1, 0.15) is 17.2 Å². The van der Waals surface area contributed by atoms with Crippen LogP contribution in [0, 0.1) is 0 Å². The average Bonchev–Trinajstić information content (AvgIpc) is 3.21. The van der Waals surface area contributed by atoms with Crippen LogP contribution >= 0.6 is 0 Å². The number of nitrogens with one attached hydrogen (secondary N) is 1. The van der Waals surface area contributed by atoms with Gasteiger partial charge in [0, 0.05) is 11.1 Å². The van der Waals surface area contributed by atoms with Crippen LogP contribution in [0.15, 0.2) is 54.9 Å². The first-order chi connectivity index (χ1) is 14.1. The molecule has 1 aliphatic rings. The quantitative estimate of drug-likeness (QED) is 0.676. The van der Waals surface area contributed by atoms with Gasteiger partial charge in [0.2, 0.25) is 5.95 Å². The fourth-order valence-corrected chi connectivity index (χ4v) is 3.27. The van der Waals surface area contributed by atoms with Gasteiger partial charge in [-0.25, -0.2) is 4.68 Å². The van der Waals surface area contributed by atoms with Gasteiger partial charge in [-0.2, -0.15) is 18.9 Å². The number of para-hydroxylation sites is 1. The lowest BCUT2D eigenvalue weighted by Gasteiger charge is -2.26. The normalized spacial score (nSPS) is 15.3. The zero-order valence-electron chi connectivity index (χ0n) is 15.7. The standard InChI is InChI=1S/C20H18F2N4O3/c1-27-12-7-8-17(28-2)14(9-12)16-10-15(25-20-23-11-24-26(16)20)13-5-3-4-6-18(13)29-19(21)22/h3-11,16,19H,1-2H3,(H,23,24,25). The Kier molecular flexibility index (Phi) is 5.03. The minimum atomic E-state index is -2.93. The lowest BCUT2D eigenvalue weighted by atomic mass is 10.00. The number of anilines is 1. The van der Waals surface area contributed by atoms with Gasteiger partial charge in [-0.05, 0) is 36.4 Å². The zero-order valence-corrected chi connectivity index (χ0v) is 15.7. The van der Waals surface area contributed by atoms with E-state index in [2.05, 4.69) is 20.1 Å². The van der Waals surface area contributed by atoms with E-state index < -0.39 is 12.7 Å². The van der Waals surface area contributed by atoms with E-state index in [-0.39, 0.29) is 5.75 Å². The molecule has 0 bridgehead atoms. The van der Waals surface area contributed by atoms with Crippen molar-refractivity contribution in [2.24, 2.45) is 0 Å². The van der Waals surface area contributed by atoms with Crippen LogP contribution in [-0.4, -0.2) is 35.6 Å². The number of methoxy groups -OCH3 is 2. The third-order valence-corrected chi connectivity index (χ3v) is 4.56. The second-order valence-corrected chi connectivity index (χ2v) is 6.16. The lowest BCUT2D eigenvalue weighted by molar-refractivity contribution is -0.0500. The molecule has 0 fully saturated rings. The maximum Gasteiger partial charge on any atom is 0.387 e. The molecule has 3 aromatic rings. The minimum Gasteiger partial charge on any atom is -0.497 e. The molecule has 0 radical (unpaired) electrons. The van der Waals surface area contributed by atoms with Crippen molar-refractivity contribution in [2.75, 3.05) is 19.5 Å². The smallest absolute Gasteiger partial charge is 0.387 e. The summed E-state index contributed by atoms with van der Waals surface area (Å²) >= 11 is 0. The van der Waals surface area contributed by atoms with Crippen molar-refractivity contribution in [3.63, 3.8) is 0 Å². The number of rotatable bonds is 6. The molecule has 4 rings (SSSR count). The first kappa shape index (κ1) is 18.7. The van der Waals surface area contributed by atoms with E-state index >= 15 is 0 Å². The molecule has 0 aliphatic carbocycles. The SMILES string of the molecule is COc1ccc(OC)c(C2C=C(c3ccccc3OC(F)F)Nc3ncnn32)c1. The monoisotopic (exact) mass is 400 g/mol. The van der Waals surface area contributed by atoms with Gasteiger partial charge in [-0.3, -0.25) is 0 Å². The number of hydrogen-bond acceptors (Lipinski definition) is 6. The molecular weight excluding hydrogens is 382 g/mol. The summed E-state index contributed by atoms with van der Waals surface area (Å²) in [6.07, 6.45) is 3.27. The number of hydrogen-bond donors (Lipinski definition) is 1. The fraction of sp³-hybridized carbons (Fsp3) is 0.200. The molecule has 0 saturated carbocycles. The van der Waals surface area contributed by atoms with Crippen LogP contribution in [0.25, 0.3) is 5.70 Å². The number of ether oxygens (including phenoxy) is 3. The molecule has 0 saturated heterocycles. The summed E-state index contributed by atoms with van der Waals surface area (Å²) in [5, 5.41) is 7.42. The maximum atomic E-state index is 12.9. The molecule has 9 heteroatoms. The Hall–Kier alpha value is -3.62. The van der Waals surface area contributed by atoms with E-state index in [1.807, 2.05) is 12.1 Å². The van der Waals surface area contributed by atoms with E-state index in [0.29, 0.717) is 28.7 Å². The fourth-order valence-electron chi connectivity index (χ4n) is 3.27. The molecule has 2 aromatic carbocycles. The van der Waals surface area contributed by atoms with E-state index in [1.54, 1.807) is 49.2 Å². The van der Waals surface area contributed by atoms with Gasteiger partial charge in [-0.15, -0.1) is 0 Å². The molecule has 1 N–H and O–H groups in total. The van der Waals surface area contributed by atoms with Crippen molar-refractivity contribution in [2.45, 2.75) is 12.7 Å². The molecular formula is C20H18F2N4O3. The number of allylic oxidation sites excluding steroid dienone is 1. The van der Waals surface area contributed by atoms with Gasteiger partial charge in [0.15, 0.2) is 0 Å². The summed E-state index contributed by atoms with van der Waals surface area (Å²) < 4.78 is 43.0. The second-order valence-electron chi connectivity index (χ2n) is 6.16. The first-order valence-electron chi connectivity index (χ1n) is 8.75. The highest BCUT2D eigenvalue weighted by Crippen LogP contribution is 2.39. The van der Waals surface area contributed by atoms with Crippen LogP contribution in [-0.2, 0) is 0 Å². The third kappa shape index (κ3) is 3.58. The van der Waals surface area contributed by atoms with E-state index in [0.717, 1.165) is 5.56 Å². The molecule has 0 amide bonds. The van der Waals surface area contributed by atoms with Gasteiger partial charge in [0.1, 0.15) is 29.6 Å². The summed E-state index contributed by atoms with van der Waals surface area (Å²) in [5.41, 5.74) is 1.83. The van der Waals surface area contributed by atoms with Crippen molar-refractivity contribution < 1.29 is 23.0 Å². The van der Waals surface area contributed by atoms with Gasteiger partial charge in [0.05, 0.1) is 19.9 Å². The highest BCUT2D eigenvalue weighted by molar-refractivity contribution is 5.80. The van der Waals surface area contributed by atoms with Gasteiger partial charge in [-0.1, -0.05) is 12.1 Å². The molecule has 1 atom stereocenters. The number of fused-ring (bicyclic) bond motifs is 1. The number of alkyl halides is 2. The van der Waals surface area contributed by atoms with Gasteiger partial charge < -0.3 is 19.5 Å². The average molecular weight is 400 g/mol. The van der Waals surface area contributed by atoms with Gasteiger partial charge in [0.25, 0.3) is 0 Å². The molecule has 1 aromatic heterocycles. The molecule has 150 valence electrons. The van der Waals surface area contributed by atoms with Crippen molar-refractivity contribution in [3.8, 4) is 17.2 Å². The Bertz CT molecular complexity index is 1050. The Balaban J connectivity index is 1.85. The molecule has 0 spiro atoms. The first-order valence-corrected chi connectivity index (χ1v) is 8.75. The topological polar surface area (TPSA) is 70.4 Å². The zero-order chi connectivity index (χ0) is 20.4. The van der Waals surface area contributed by atoms with Crippen LogP contribution in [0.4, 0.5) is 14.7 Å². The highest BCUT2D eigenvalue weighted by Gasteiger charge is 2.27. The highest BCUT2D eigenvalue weighted by atomic mass is 19.3. The molecule has 1 aliphatic heterocycles. The number of nitrogens with zero attached hydrogens (tertiary/aromatic N) is 3. The Morgan fingerprint density at radius 1 is 1.07 bits per heavy atom. The molecule has 1 unspecified atom stereocenters. The van der Waals surface area contributed by atoms with Crippen molar-refractivity contribution >= 4 is 11.6 Å². The maximum absolute atomic E-state index is 12.9. The summed E-state index contributed by atoms with van der Waals surface area (Å²) in [7, 11) is 3.15. The molecule has 7 nitrogen and oxygen atoms in total. The Morgan fingerprint density at radius 3 is 2.66 bits per heavy atom. The Labute approximate surface area is 165 Å². The number of aromatic nitrogens is 3. The van der Waals surface area contributed by atoms with E-state index in [4.69, 9.17) is 9.47 Å². The summed E-state index contributed by atoms with van der Waals surface area (Å²) in [6, 6.07) is 11.6. The summed E-state index contributed by atoms with van der Waals surface area (Å²) in [4.78, 5) is 4.24. The van der Waals surface area contributed by atoms with Crippen LogP contribution in [0.2, 0.25) is 0 Å². The van der Waals surface area contributed by atoms with Crippen LogP contribution < -0.4 is 19.5 Å². The van der Waals surface area contributed by atoms with Crippen molar-refractivity contribution in [1.29, 1.82) is 0 Å². The Morgan fingerprint density at radius 2 is 1.90 bits per heavy atom. The number of halogens is 2. The third-order valence-electron chi connectivity index (χ3n) is 4.56. The largest absolute Gasteiger partial charge is 0.497 e. The summed E-state index contributed by atoms with van der Waals surface area (Å²) in [5.74, 6) is 1.80. The predicted octanol–water partition coefficient (Wildman–Crippen LogP) is 3.95. The lowest BCUT2D eigenvalue weighted by Crippen LogP contribution is -2.21.